The second-order valence-electron chi connectivity index (χ2n) is 2.65. The minimum atomic E-state index is -0.580. The van der Waals surface area contributed by atoms with Gasteiger partial charge in [-0.1, -0.05) is 0 Å². The number of aliphatic hydroxyl groups is 2. The number of hydrogen-bond acceptors (Lipinski definition) is 2. The van der Waals surface area contributed by atoms with Gasteiger partial charge in [-0.05, 0) is 0 Å². The van der Waals surface area contributed by atoms with E-state index in [1.807, 2.05) is 6.08 Å². The SMILES string of the molecule is Cl.Cl.OCC(O)CC1=[C]([Zr])CC=C1. The molecule has 5 heteroatoms. The van der Waals surface area contributed by atoms with Crippen LogP contribution in [0.25, 0.3) is 0 Å². The summed E-state index contributed by atoms with van der Waals surface area (Å²) in [6, 6.07) is 0. The van der Waals surface area contributed by atoms with Crippen molar-refractivity contribution in [2.75, 3.05) is 6.61 Å². The van der Waals surface area contributed by atoms with Crippen molar-refractivity contribution in [3.05, 3.63) is 21.0 Å². The van der Waals surface area contributed by atoms with Crippen LogP contribution in [-0.4, -0.2) is 22.9 Å². The molecule has 0 saturated heterocycles. The Morgan fingerprint density at radius 2 is 2.08 bits per heavy atom. The summed E-state index contributed by atoms with van der Waals surface area (Å²) in [5, 5.41) is 17.7. The van der Waals surface area contributed by atoms with Crippen LogP contribution in [0.5, 0.6) is 0 Å². The van der Waals surface area contributed by atoms with Gasteiger partial charge in [0.1, 0.15) is 0 Å². The van der Waals surface area contributed by atoms with E-state index >= 15 is 0 Å². The van der Waals surface area contributed by atoms with Crippen LogP contribution < -0.4 is 0 Å². The van der Waals surface area contributed by atoms with E-state index in [0.717, 1.165) is 6.42 Å². The van der Waals surface area contributed by atoms with Crippen molar-refractivity contribution >= 4 is 24.8 Å². The van der Waals surface area contributed by atoms with Crippen molar-refractivity contribution in [3.63, 3.8) is 0 Å². The number of allylic oxidation sites excluding steroid dienone is 3. The summed E-state index contributed by atoms with van der Waals surface area (Å²) in [4.78, 5) is 0. The molecule has 0 spiro atoms. The van der Waals surface area contributed by atoms with Gasteiger partial charge in [-0.2, -0.15) is 0 Å². The summed E-state index contributed by atoms with van der Waals surface area (Å²) >= 11 is 1.42. The molecule has 0 radical (unpaired) electrons. The monoisotopic (exact) mass is 301 g/mol. The molecule has 0 aliphatic heterocycles. The van der Waals surface area contributed by atoms with Crippen LogP contribution in [0.2, 0.25) is 0 Å². The third kappa shape index (κ3) is 5.34. The molecule has 2 nitrogen and oxygen atoms in total. The van der Waals surface area contributed by atoms with E-state index in [9.17, 15) is 0 Å². The minimum absolute atomic E-state index is 0. The Morgan fingerprint density at radius 1 is 1.46 bits per heavy atom. The van der Waals surface area contributed by atoms with Gasteiger partial charge in [-0.15, -0.1) is 24.8 Å². The predicted octanol–water partition coefficient (Wildman–Crippen LogP) is 1.33. The van der Waals surface area contributed by atoms with Crippen LogP contribution in [0.3, 0.4) is 0 Å². The summed E-state index contributed by atoms with van der Waals surface area (Å²) in [5.41, 5.74) is 1.21. The molecule has 1 aliphatic carbocycles. The first kappa shape index (κ1) is 16.3. The van der Waals surface area contributed by atoms with Gasteiger partial charge in [-0.3, -0.25) is 0 Å². The Morgan fingerprint density at radius 3 is 2.46 bits per heavy atom. The van der Waals surface area contributed by atoms with Gasteiger partial charge in [0.2, 0.25) is 0 Å². The second kappa shape index (κ2) is 8.19. The molecule has 1 atom stereocenters. The first-order valence-electron chi connectivity index (χ1n) is 3.63. The second-order valence-corrected chi connectivity index (χ2v) is 4.13. The molecular weight excluding hydrogens is 290 g/mol. The van der Waals surface area contributed by atoms with Gasteiger partial charge in [0.25, 0.3) is 0 Å². The molecule has 0 aromatic carbocycles. The molecule has 0 fully saturated rings. The molecule has 1 rings (SSSR count). The van der Waals surface area contributed by atoms with Gasteiger partial charge >= 0.3 is 81.5 Å². The van der Waals surface area contributed by atoms with E-state index in [1.54, 1.807) is 0 Å². The molecule has 0 aromatic rings. The van der Waals surface area contributed by atoms with E-state index in [1.165, 1.54) is 33.6 Å². The Kier molecular flexibility index (Phi) is 10.3. The molecule has 0 saturated carbocycles. The maximum atomic E-state index is 9.13. The first-order valence-corrected chi connectivity index (χ1v) is 4.86. The molecule has 13 heavy (non-hydrogen) atoms. The average molecular weight is 303 g/mol. The fourth-order valence-electron chi connectivity index (χ4n) is 1.06. The summed E-state index contributed by atoms with van der Waals surface area (Å²) in [6.07, 6.45) is 5.20. The van der Waals surface area contributed by atoms with Crippen LogP contribution in [0.4, 0.5) is 0 Å². The quantitative estimate of drug-likeness (QED) is 0.826. The van der Waals surface area contributed by atoms with Crippen LogP contribution >= 0.6 is 24.8 Å². The average Bonchev–Trinajstić information content (AvgIpc) is 2.37. The van der Waals surface area contributed by atoms with Crippen LogP contribution in [0, 0.1) is 0 Å². The van der Waals surface area contributed by atoms with Crippen LogP contribution in [0.15, 0.2) is 21.0 Å². The number of aliphatic hydroxyl groups excluding tert-OH is 2. The summed E-state index contributed by atoms with van der Waals surface area (Å²) in [5.74, 6) is 0. The third-order valence-corrected chi connectivity index (χ3v) is 2.99. The van der Waals surface area contributed by atoms with Gasteiger partial charge in [0.05, 0.1) is 0 Å². The summed E-state index contributed by atoms with van der Waals surface area (Å²) < 4.78 is 1.39. The van der Waals surface area contributed by atoms with Crippen molar-refractivity contribution in [2.45, 2.75) is 18.9 Å². The molecular formula is C8H13Cl2O2Zr. The van der Waals surface area contributed by atoms with Crippen molar-refractivity contribution < 1.29 is 34.9 Å². The van der Waals surface area contributed by atoms with E-state index in [2.05, 4.69) is 6.08 Å². The summed E-state index contributed by atoms with van der Waals surface area (Å²) in [7, 11) is 0. The molecule has 0 heterocycles. The summed E-state index contributed by atoms with van der Waals surface area (Å²) in [6.45, 7) is -0.138. The van der Waals surface area contributed by atoms with E-state index < -0.39 is 6.10 Å². The zero-order valence-electron chi connectivity index (χ0n) is 7.06. The van der Waals surface area contributed by atoms with Gasteiger partial charge in [-0.25, -0.2) is 0 Å². The Bertz CT molecular complexity index is 204. The Hall–Kier alpha value is 0.863. The molecule has 1 unspecified atom stereocenters. The molecule has 2 N–H and O–H groups in total. The molecule has 0 aromatic heterocycles. The fourth-order valence-corrected chi connectivity index (χ4v) is 1.81. The van der Waals surface area contributed by atoms with Gasteiger partial charge in [0, 0.05) is 0 Å². The molecule has 0 bridgehead atoms. The first-order chi connectivity index (χ1) is 5.24. The molecule has 0 amide bonds. The number of halogens is 2. The normalized spacial score (nSPS) is 16.4. The maximum absolute atomic E-state index is 9.13. The van der Waals surface area contributed by atoms with Crippen molar-refractivity contribution in [1.82, 2.24) is 0 Å². The fraction of sp³-hybridized carbons (Fsp3) is 0.500. The predicted molar refractivity (Wildman–Crippen MR) is 53.0 cm³/mol. The van der Waals surface area contributed by atoms with E-state index in [0.29, 0.717) is 6.42 Å². The van der Waals surface area contributed by atoms with E-state index in [4.69, 9.17) is 10.2 Å². The Balaban J connectivity index is 0. The topological polar surface area (TPSA) is 40.5 Å². The number of hydrogen-bond donors (Lipinski definition) is 2. The standard InChI is InChI=1S/C8H11O2.2ClH.Zr/c9-6-8(10)5-7-3-1-2-4-7;;;/h1,3,8-10H,2,5-6H2;2*1H;. The van der Waals surface area contributed by atoms with Crippen LogP contribution in [0.1, 0.15) is 12.8 Å². The number of rotatable bonds is 3. The van der Waals surface area contributed by atoms with Crippen molar-refractivity contribution in [1.29, 1.82) is 0 Å². The van der Waals surface area contributed by atoms with Crippen LogP contribution in [-0.2, 0) is 24.7 Å². The third-order valence-electron chi connectivity index (χ3n) is 1.69. The zero-order valence-corrected chi connectivity index (χ0v) is 11.2. The van der Waals surface area contributed by atoms with Crippen molar-refractivity contribution in [2.24, 2.45) is 0 Å². The zero-order chi connectivity index (χ0) is 8.27. The van der Waals surface area contributed by atoms with Gasteiger partial charge in [0.15, 0.2) is 0 Å². The van der Waals surface area contributed by atoms with Gasteiger partial charge < -0.3 is 0 Å². The molecule has 1 aliphatic rings. The van der Waals surface area contributed by atoms with Crippen molar-refractivity contribution in [3.8, 4) is 0 Å². The molecule has 75 valence electrons. The van der Waals surface area contributed by atoms with E-state index in [-0.39, 0.29) is 31.4 Å². The Labute approximate surface area is 106 Å².